The summed E-state index contributed by atoms with van der Waals surface area (Å²) in [5, 5.41) is 0.314. The van der Waals surface area contributed by atoms with Gasteiger partial charge in [-0.15, -0.1) is 0 Å². The fourth-order valence-corrected chi connectivity index (χ4v) is 2.06. The number of benzene rings is 1. The lowest BCUT2D eigenvalue weighted by molar-refractivity contribution is 0.0517. The van der Waals surface area contributed by atoms with Gasteiger partial charge in [0.2, 0.25) is 11.4 Å². The molecule has 1 aromatic carbocycles. The molecule has 1 heterocycles. The third-order valence-corrected chi connectivity index (χ3v) is 2.91. The molecule has 0 amide bonds. The second-order valence-corrected chi connectivity index (χ2v) is 3.98. The van der Waals surface area contributed by atoms with E-state index in [2.05, 4.69) is 0 Å². The largest absolute Gasteiger partial charge is 0.462 e. The first-order chi connectivity index (χ1) is 9.11. The molecule has 0 aliphatic rings. The van der Waals surface area contributed by atoms with Gasteiger partial charge in [0.1, 0.15) is 0 Å². The molecule has 2 rings (SSSR count). The average Bonchev–Trinajstić information content (AvgIpc) is 2.40. The van der Waals surface area contributed by atoms with Gasteiger partial charge in [-0.25, -0.2) is 4.79 Å². The van der Waals surface area contributed by atoms with E-state index in [1.165, 1.54) is 4.57 Å². The first kappa shape index (κ1) is 13.3. The van der Waals surface area contributed by atoms with Crippen LogP contribution in [-0.4, -0.2) is 17.1 Å². The van der Waals surface area contributed by atoms with Crippen molar-refractivity contribution in [1.29, 1.82) is 0 Å². The molecule has 0 spiro atoms. The maximum absolute atomic E-state index is 14.3. The van der Waals surface area contributed by atoms with Crippen molar-refractivity contribution < 1.29 is 13.9 Å². The molecule has 19 heavy (non-hydrogen) atoms. The second-order valence-electron chi connectivity index (χ2n) is 3.98. The summed E-state index contributed by atoms with van der Waals surface area (Å²) in [6.45, 7) is 3.76. The predicted molar refractivity (Wildman–Crippen MR) is 69.8 cm³/mol. The molecule has 0 radical (unpaired) electrons. The molecule has 0 saturated carbocycles. The number of pyridine rings is 1. The van der Waals surface area contributed by atoms with Gasteiger partial charge in [-0.2, -0.15) is 4.39 Å². The Morgan fingerprint density at radius 3 is 2.63 bits per heavy atom. The molecule has 0 aliphatic carbocycles. The SMILES string of the molecule is CCOC(=O)c1c(F)n(CC)c2ccccc2c1=O. The van der Waals surface area contributed by atoms with Crippen LogP contribution < -0.4 is 5.43 Å². The van der Waals surface area contributed by atoms with Gasteiger partial charge in [0.25, 0.3) is 0 Å². The Kier molecular flexibility index (Phi) is 3.64. The van der Waals surface area contributed by atoms with Gasteiger partial charge < -0.3 is 9.30 Å². The van der Waals surface area contributed by atoms with Crippen molar-refractivity contribution in [3.05, 3.63) is 46.0 Å². The van der Waals surface area contributed by atoms with E-state index in [4.69, 9.17) is 4.74 Å². The standard InChI is InChI=1S/C14H14FNO3/c1-3-16-10-8-6-5-7-9(10)12(17)11(13(16)15)14(18)19-4-2/h5-8H,3-4H2,1-2H3. The van der Waals surface area contributed by atoms with Crippen LogP contribution >= 0.6 is 0 Å². The Morgan fingerprint density at radius 2 is 2.00 bits per heavy atom. The van der Waals surface area contributed by atoms with Crippen LogP contribution in [0, 0.1) is 5.95 Å². The van der Waals surface area contributed by atoms with E-state index in [-0.39, 0.29) is 6.61 Å². The van der Waals surface area contributed by atoms with Crippen molar-refractivity contribution in [3.63, 3.8) is 0 Å². The third kappa shape index (κ3) is 2.12. The first-order valence-electron chi connectivity index (χ1n) is 6.10. The molecule has 4 nitrogen and oxygen atoms in total. The number of para-hydroxylation sites is 1. The molecule has 0 N–H and O–H groups in total. The summed E-state index contributed by atoms with van der Waals surface area (Å²) in [4.78, 5) is 23.9. The van der Waals surface area contributed by atoms with Crippen molar-refractivity contribution >= 4 is 16.9 Å². The molecule has 0 saturated heterocycles. The fourth-order valence-electron chi connectivity index (χ4n) is 2.06. The van der Waals surface area contributed by atoms with Crippen LogP contribution in [0.5, 0.6) is 0 Å². The van der Waals surface area contributed by atoms with Crippen LogP contribution in [0.25, 0.3) is 10.9 Å². The average molecular weight is 263 g/mol. The summed E-state index contributed by atoms with van der Waals surface area (Å²) in [7, 11) is 0. The molecule has 0 atom stereocenters. The number of carbonyl (C=O) groups is 1. The Morgan fingerprint density at radius 1 is 1.32 bits per heavy atom. The zero-order valence-corrected chi connectivity index (χ0v) is 10.8. The number of esters is 1. The third-order valence-electron chi connectivity index (χ3n) is 2.91. The number of halogens is 1. The van der Waals surface area contributed by atoms with Crippen LogP contribution in [0.4, 0.5) is 4.39 Å². The van der Waals surface area contributed by atoms with Crippen LogP contribution in [0.15, 0.2) is 29.1 Å². The van der Waals surface area contributed by atoms with Gasteiger partial charge in [0.15, 0.2) is 5.56 Å². The van der Waals surface area contributed by atoms with E-state index < -0.39 is 22.9 Å². The van der Waals surface area contributed by atoms with E-state index >= 15 is 0 Å². The molecule has 5 heteroatoms. The number of ether oxygens (including phenoxy) is 1. The summed E-state index contributed by atoms with van der Waals surface area (Å²) in [6.07, 6.45) is 0. The molecule has 2 aromatic rings. The lowest BCUT2D eigenvalue weighted by Gasteiger charge is -2.12. The van der Waals surface area contributed by atoms with Crippen LogP contribution in [-0.2, 0) is 11.3 Å². The van der Waals surface area contributed by atoms with E-state index in [1.54, 1.807) is 38.1 Å². The molecule has 0 aliphatic heterocycles. The molecule has 1 aromatic heterocycles. The number of aromatic nitrogens is 1. The van der Waals surface area contributed by atoms with E-state index in [0.29, 0.717) is 17.4 Å². The molecular formula is C14H14FNO3. The number of rotatable bonds is 3. The normalized spacial score (nSPS) is 10.7. The van der Waals surface area contributed by atoms with Gasteiger partial charge in [-0.1, -0.05) is 12.1 Å². The highest BCUT2D eigenvalue weighted by molar-refractivity contribution is 5.94. The minimum atomic E-state index is -0.919. The highest BCUT2D eigenvalue weighted by Crippen LogP contribution is 2.16. The van der Waals surface area contributed by atoms with Gasteiger partial charge in [0, 0.05) is 11.9 Å². The van der Waals surface area contributed by atoms with Crippen LogP contribution in [0.2, 0.25) is 0 Å². The summed E-state index contributed by atoms with van der Waals surface area (Å²) in [5.74, 6) is -1.76. The highest BCUT2D eigenvalue weighted by atomic mass is 19.1. The van der Waals surface area contributed by atoms with E-state index in [1.807, 2.05) is 0 Å². The molecule has 0 fully saturated rings. The van der Waals surface area contributed by atoms with Gasteiger partial charge in [-0.05, 0) is 26.0 Å². The number of hydrogen-bond donors (Lipinski definition) is 0. The number of nitrogens with zero attached hydrogens (tertiary/aromatic N) is 1. The Bertz CT molecular complexity index is 691. The van der Waals surface area contributed by atoms with Crippen molar-refractivity contribution in [2.24, 2.45) is 0 Å². The maximum atomic E-state index is 14.3. The second kappa shape index (κ2) is 5.22. The number of carbonyl (C=O) groups excluding carboxylic acids is 1. The quantitative estimate of drug-likeness (QED) is 0.630. The maximum Gasteiger partial charge on any atom is 0.346 e. The van der Waals surface area contributed by atoms with Crippen LogP contribution in [0.3, 0.4) is 0 Å². The molecular weight excluding hydrogens is 249 g/mol. The smallest absolute Gasteiger partial charge is 0.346 e. The van der Waals surface area contributed by atoms with Gasteiger partial charge >= 0.3 is 5.97 Å². The molecule has 0 unspecified atom stereocenters. The summed E-state index contributed by atoms with van der Waals surface area (Å²) < 4.78 is 20.3. The first-order valence-corrected chi connectivity index (χ1v) is 6.10. The Hall–Kier alpha value is -2.17. The minimum Gasteiger partial charge on any atom is -0.462 e. The van der Waals surface area contributed by atoms with E-state index in [0.717, 1.165) is 0 Å². The summed E-state index contributed by atoms with van der Waals surface area (Å²) in [6, 6.07) is 6.62. The van der Waals surface area contributed by atoms with Crippen molar-refractivity contribution in [2.75, 3.05) is 6.61 Å². The number of fused-ring (bicyclic) bond motifs is 1. The van der Waals surface area contributed by atoms with Crippen molar-refractivity contribution in [3.8, 4) is 0 Å². The lowest BCUT2D eigenvalue weighted by Crippen LogP contribution is -2.24. The number of aryl methyl sites for hydroxylation is 1. The van der Waals surface area contributed by atoms with Crippen molar-refractivity contribution in [1.82, 2.24) is 4.57 Å². The Balaban J connectivity index is 2.85. The van der Waals surface area contributed by atoms with Crippen molar-refractivity contribution in [2.45, 2.75) is 20.4 Å². The van der Waals surface area contributed by atoms with Gasteiger partial charge in [0.05, 0.1) is 12.1 Å². The zero-order valence-electron chi connectivity index (χ0n) is 10.8. The zero-order chi connectivity index (χ0) is 14.0. The molecule has 0 bridgehead atoms. The Labute approximate surface area is 109 Å². The predicted octanol–water partition coefficient (Wildman–Crippen LogP) is 2.34. The highest BCUT2D eigenvalue weighted by Gasteiger charge is 2.22. The summed E-state index contributed by atoms with van der Waals surface area (Å²) in [5.41, 5.74) is -0.681. The fraction of sp³-hybridized carbons (Fsp3) is 0.286. The lowest BCUT2D eigenvalue weighted by atomic mass is 10.1. The molecule has 100 valence electrons. The van der Waals surface area contributed by atoms with Crippen LogP contribution in [0.1, 0.15) is 24.2 Å². The monoisotopic (exact) mass is 263 g/mol. The minimum absolute atomic E-state index is 0.0939. The summed E-state index contributed by atoms with van der Waals surface area (Å²) >= 11 is 0. The number of hydrogen-bond acceptors (Lipinski definition) is 3. The van der Waals surface area contributed by atoms with Gasteiger partial charge in [-0.3, -0.25) is 4.79 Å². The van der Waals surface area contributed by atoms with E-state index in [9.17, 15) is 14.0 Å². The topological polar surface area (TPSA) is 48.3 Å².